The fourth-order valence-corrected chi connectivity index (χ4v) is 2.84. The van der Waals surface area contributed by atoms with E-state index in [1.54, 1.807) is 0 Å². The summed E-state index contributed by atoms with van der Waals surface area (Å²) in [6, 6.07) is 1.68. The van der Waals surface area contributed by atoms with Crippen molar-refractivity contribution in [3.05, 3.63) is 17.7 Å². The Balaban J connectivity index is 3.67. The Morgan fingerprint density at radius 2 is 1.61 bits per heavy atom. The van der Waals surface area contributed by atoms with Crippen molar-refractivity contribution in [2.45, 2.75) is 16.3 Å². The van der Waals surface area contributed by atoms with Crippen LogP contribution in [0.2, 0.25) is 0 Å². The van der Waals surface area contributed by atoms with E-state index in [0.29, 0.717) is 6.07 Å². The molecule has 0 saturated carbocycles. The Kier molecular flexibility index (Phi) is 3.98. The van der Waals surface area contributed by atoms with Gasteiger partial charge in [-0.05, 0) is 24.7 Å². The molecule has 10 heteroatoms. The Morgan fingerprint density at radius 1 is 1.11 bits per heavy atom. The van der Waals surface area contributed by atoms with Gasteiger partial charge in [0.1, 0.15) is 4.90 Å². The second kappa shape index (κ2) is 4.82. The van der Waals surface area contributed by atoms with Crippen LogP contribution in [0.3, 0.4) is 0 Å². The Hall–Kier alpha value is -1.20. The maximum atomic E-state index is 11.1. The molecule has 102 valence electrons. The van der Waals surface area contributed by atoms with Gasteiger partial charge in [0.05, 0.1) is 10.6 Å². The van der Waals surface area contributed by atoms with Crippen molar-refractivity contribution in [3.8, 4) is 0 Å². The number of nitrogens with one attached hydrogen (secondary N) is 1. The van der Waals surface area contributed by atoms with Gasteiger partial charge in [-0.15, -0.1) is 0 Å². The summed E-state index contributed by atoms with van der Waals surface area (Å²) in [5.74, 6) is 0. The molecule has 8 nitrogen and oxygen atoms in total. The van der Waals surface area contributed by atoms with E-state index in [4.69, 9.17) is 14.8 Å². The SMILES string of the molecule is CNCc1cc(N)c(S(=O)(=O)O)cc1S(=O)(=O)O. The maximum Gasteiger partial charge on any atom is 0.296 e. The third kappa shape index (κ3) is 3.17. The van der Waals surface area contributed by atoms with Crippen molar-refractivity contribution in [2.75, 3.05) is 12.8 Å². The molecule has 0 radical (unpaired) electrons. The minimum absolute atomic E-state index is 0.0467. The quantitative estimate of drug-likeness (QED) is 0.428. The topological polar surface area (TPSA) is 147 Å². The van der Waals surface area contributed by atoms with Crippen molar-refractivity contribution < 1.29 is 25.9 Å². The molecule has 0 aliphatic rings. The summed E-state index contributed by atoms with van der Waals surface area (Å²) in [7, 11) is -7.77. The summed E-state index contributed by atoms with van der Waals surface area (Å²) in [6.45, 7) is 0.0467. The lowest BCUT2D eigenvalue weighted by atomic mass is 10.2. The van der Waals surface area contributed by atoms with E-state index in [0.717, 1.165) is 6.07 Å². The van der Waals surface area contributed by atoms with Crippen LogP contribution in [0.1, 0.15) is 5.56 Å². The van der Waals surface area contributed by atoms with E-state index in [1.165, 1.54) is 7.05 Å². The van der Waals surface area contributed by atoms with Gasteiger partial charge in [0.25, 0.3) is 20.2 Å². The first-order valence-electron chi connectivity index (χ1n) is 4.59. The lowest BCUT2D eigenvalue weighted by Crippen LogP contribution is -2.14. The highest BCUT2D eigenvalue weighted by Crippen LogP contribution is 2.26. The van der Waals surface area contributed by atoms with Crippen molar-refractivity contribution >= 4 is 25.9 Å². The Labute approximate surface area is 104 Å². The lowest BCUT2D eigenvalue weighted by molar-refractivity contribution is 0.480. The summed E-state index contributed by atoms with van der Waals surface area (Å²) in [6.07, 6.45) is 0. The molecule has 0 aromatic heterocycles. The molecule has 0 heterocycles. The molecule has 1 aromatic carbocycles. The van der Waals surface area contributed by atoms with E-state index in [-0.39, 0.29) is 17.8 Å². The summed E-state index contributed by atoms with van der Waals surface area (Å²) in [5, 5.41) is 2.64. The molecule has 1 rings (SSSR count). The monoisotopic (exact) mass is 296 g/mol. The maximum absolute atomic E-state index is 11.1. The van der Waals surface area contributed by atoms with Gasteiger partial charge in [0.15, 0.2) is 0 Å². The summed E-state index contributed by atoms with van der Waals surface area (Å²) >= 11 is 0. The summed E-state index contributed by atoms with van der Waals surface area (Å²) in [5.41, 5.74) is 5.18. The van der Waals surface area contributed by atoms with Crippen LogP contribution in [0.5, 0.6) is 0 Å². The molecule has 0 saturated heterocycles. The van der Waals surface area contributed by atoms with E-state index < -0.39 is 30.0 Å². The summed E-state index contributed by atoms with van der Waals surface area (Å²) in [4.78, 5) is -1.39. The highest BCUT2D eigenvalue weighted by molar-refractivity contribution is 7.86. The predicted molar refractivity (Wildman–Crippen MR) is 63.2 cm³/mol. The number of benzene rings is 1. The molecule has 0 bridgehead atoms. The van der Waals surface area contributed by atoms with Crippen molar-refractivity contribution in [1.82, 2.24) is 5.32 Å². The molecule has 0 amide bonds. The number of rotatable bonds is 4. The minimum Gasteiger partial charge on any atom is -0.398 e. The van der Waals surface area contributed by atoms with Gasteiger partial charge in [0.2, 0.25) is 0 Å². The third-order valence-corrected chi connectivity index (χ3v) is 3.96. The van der Waals surface area contributed by atoms with Gasteiger partial charge in [-0.25, -0.2) is 0 Å². The Bertz CT molecular complexity index is 665. The molecule has 0 fully saturated rings. The fraction of sp³-hybridized carbons (Fsp3) is 0.250. The van der Waals surface area contributed by atoms with Crippen LogP contribution in [0.25, 0.3) is 0 Å². The zero-order valence-electron chi connectivity index (χ0n) is 9.28. The predicted octanol–water partition coefficient (Wildman–Crippen LogP) is -0.518. The van der Waals surface area contributed by atoms with Crippen LogP contribution in [0.15, 0.2) is 21.9 Å². The van der Waals surface area contributed by atoms with E-state index in [2.05, 4.69) is 5.32 Å². The second-order valence-corrected chi connectivity index (χ2v) is 6.26. The van der Waals surface area contributed by atoms with Crippen LogP contribution in [-0.4, -0.2) is 33.0 Å². The molecular formula is C8H12N2O6S2. The smallest absolute Gasteiger partial charge is 0.296 e. The zero-order valence-corrected chi connectivity index (χ0v) is 10.9. The molecule has 0 atom stereocenters. The molecule has 0 aliphatic carbocycles. The van der Waals surface area contributed by atoms with Crippen molar-refractivity contribution in [1.29, 1.82) is 0 Å². The van der Waals surface area contributed by atoms with Crippen LogP contribution in [0, 0.1) is 0 Å². The van der Waals surface area contributed by atoms with Crippen LogP contribution >= 0.6 is 0 Å². The van der Waals surface area contributed by atoms with E-state index in [9.17, 15) is 16.8 Å². The summed E-state index contributed by atoms with van der Waals surface area (Å²) < 4.78 is 62.1. The molecule has 18 heavy (non-hydrogen) atoms. The van der Waals surface area contributed by atoms with Gasteiger partial charge in [0, 0.05) is 6.54 Å². The first-order chi connectivity index (χ1) is 8.07. The second-order valence-electron chi connectivity index (χ2n) is 3.48. The number of nitrogens with two attached hydrogens (primary N) is 1. The average Bonchev–Trinajstić information content (AvgIpc) is 2.13. The number of hydrogen-bond acceptors (Lipinski definition) is 6. The van der Waals surface area contributed by atoms with Crippen LogP contribution < -0.4 is 11.1 Å². The highest BCUT2D eigenvalue weighted by Gasteiger charge is 2.22. The molecule has 0 spiro atoms. The van der Waals surface area contributed by atoms with E-state index >= 15 is 0 Å². The average molecular weight is 296 g/mol. The van der Waals surface area contributed by atoms with Crippen molar-refractivity contribution in [2.24, 2.45) is 0 Å². The van der Waals surface area contributed by atoms with Crippen LogP contribution in [-0.2, 0) is 26.8 Å². The number of nitrogen functional groups attached to an aromatic ring is 1. The largest absolute Gasteiger partial charge is 0.398 e. The highest BCUT2D eigenvalue weighted by atomic mass is 32.2. The van der Waals surface area contributed by atoms with Gasteiger partial charge in [-0.3, -0.25) is 9.11 Å². The molecule has 0 aliphatic heterocycles. The molecule has 0 unspecified atom stereocenters. The fourth-order valence-electron chi connectivity index (χ4n) is 1.42. The van der Waals surface area contributed by atoms with Crippen LogP contribution in [0.4, 0.5) is 5.69 Å². The van der Waals surface area contributed by atoms with Gasteiger partial charge in [-0.1, -0.05) is 0 Å². The lowest BCUT2D eigenvalue weighted by Gasteiger charge is -2.10. The minimum atomic E-state index is -4.67. The Morgan fingerprint density at radius 3 is 2.00 bits per heavy atom. The van der Waals surface area contributed by atoms with Crippen molar-refractivity contribution in [3.63, 3.8) is 0 Å². The van der Waals surface area contributed by atoms with Gasteiger partial charge < -0.3 is 11.1 Å². The normalized spacial score (nSPS) is 12.6. The molecule has 5 N–H and O–H groups in total. The first kappa shape index (κ1) is 14.9. The molecular weight excluding hydrogens is 284 g/mol. The first-order valence-corrected chi connectivity index (χ1v) is 7.47. The van der Waals surface area contributed by atoms with Gasteiger partial charge >= 0.3 is 0 Å². The number of hydrogen-bond donors (Lipinski definition) is 4. The van der Waals surface area contributed by atoms with Gasteiger partial charge in [-0.2, -0.15) is 16.8 Å². The third-order valence-electron chi connectivity index (χ3n) is 2.12. The molecule has 1 aromatic rings. The number of anilines is 1. The van der Waals surface area contributed by atoms with E-state index in [1.807, 2.05) is 0 Å². The standard InChI is InChI=1S/C8H12N2O6S2/c1-10-4-5-2-6(9)8(18(14,15)16)3-7(5)17(11,12)13/h2-3,10H,4,9H2,1H3,(H,11,12,13)(H,14,15,16). The zero-order chi connectivity index (χ0) is 14.1.